The van der Waals surface area contributed by atoms with Crippen molar-refractivity contribution in [3.8, 4) is 28.3 Å². The summed E-state index contributed by atoms with van der Waals surface area (Å²) in [5.41, 5.74) is 14.4. The predicted molar refractivity (Wildman–Crippen MR) is 206 cm³/mol. The average Bonchev–Trinajstić information content (AvgIpc) is 3.80. The minimum atomic E-state index is -0.226. The number of benzene rings is 7. The molecule has 4 nitrogen and oxygen atoms in total. The van der Waals surface area contributed by atoms with E-state index in [1.54, 1.807) is 0 Å². The number of rotatable bonds is 5. The second-order valence-corrected chi connectivity index (χ2v) is 13.7. The maximum absolute atomic E-state index is 6.31. The molecule has 0 unspecified atom stereocenters. The molecular weight excluding hydrogens is 611 g/mol. The van der Waals surface area contributed by atoms with E-state index in [0.29, 0.717) is 5.89 Å². The van der Waals surface area contributed by atoms with Crippen molar-refractivity contribution in [3.63, 3.8) is 0 Å². The molecular formula is C46H33N3O. The van der Waals surface area contributed by atoms with Crippen LogP contribution in [0.15, 0.2) is 168 Å². The van der Waals surface area contributed by atoms with Crippen LogP contribution in [0.3, 0.4) is 0 Å². The Balaban J connectivity index is 1.13. The number of aromatic nitrogens is 2. The summed E-state index contributed by atoms with van der Waals surface area (Å²) >= 11 is 0. The molecule has 50 heavy (non-hydrogen) atoms. The number of fused-ring (bicyclic) bond motifs is 7. The first-order valence-electron chi connectivity index (χ1n) is 17.1. The lowest BCUT2D eigenvalue weighted by atomic mass is 9.82. The highest BCUT2D eigenvalue weighted by Gasteiger charge is 2.37. The van der Waals surface area contributed by atoms with Gasteiger partial charge in [-0.1, -0.05) is 92.7 Å². The zero-order chi connectivity index (χ0) is 33.4. The van der Waals surface area contributed by atoms with Gasteiger partial charge in [0.25, 0.3) is 0 Å². The first-order valence-corrected chi connectivity index (χ1v) is 17.1. The van der Waals surface area contributed by atoms with Crippen LogP contribution in [-0.4, -0.2) is 9.55 Å². The number of oxazole rings is 1. The molecule has 0 saturated heterocycles. The van der Waals surface area contributed by atoms with Crippen LogP contribution < -0.4 is 4.90 Å². The fraction of sp³-hybridized carbons (Fsp3) is 0.0652. The van der Waals surface area contributed by atoms with Gasteiger partial charge in [0.05, 0.1) is 11.0 Å². The normalized spacial score (nSPS) is 13.2. The quantitative estimate of drug-likeness (QED) is 0.187. The van der Waals surface area contributed by atoms with Gasteiger partial charge in [-0.2, -0.15) is 0 Å². The molecule has 0 atom stereocenters. The van der Waals surface area contributed by atoms with Crippen molar-refractivity contribution < 1.29 is 4.42 Å². The minimum Gasteiger partial charge on any atom is -0.436 e. The van der Waals surface area contributed by atoms with E-state index >= 15 is 0 Å². The number of hydrogen-bond donors (Lipinski definition) is 0. The van der Waals surface area contributed by atoms with Crippen molar-refractivity contribution in [3.05, 3.63) is 175 Å². The van der Waals surface area contributed by atoms with Crippen LogP contribution in [0.1, 0.15) is 25.0 Å². The summed E-state index contributed by atoms with van der Waals surface area (Å²) in [6.07, 6.45) is 0. The maximum Gasteiger partial charge on any atom is 0.227 e. The van der Waals surface area contributed by atoms with Crippen LogP contribution in [0, 0.1) is 0 Å². The zero-order valence-corrected chi connectivity index (χ0v) is 27.8. The number of nitrogens with zero attached hydrogens (tertiary/aromatic N) is 3. The van der Waals surface area contributed by atoms with E-state index in [-0.39, 0.29) is 5.41 Å². The Hall–Kier alpha value is -6.39. The maximum atomic E-state index is 6.31. The Morgan fingerprint density at radius 3 is 1.98 bits per heavy atom. The molecule has 1 aliphatic rings. The fourth-order valence-electron chi connectivity index (χ4n) is 7.97. The van der Waals surface area contributed by atoms with E-state index in [4.69, 9.17) is 9.40 Å². The average molecular weight is 644 g/mol. The van der Waals surface area contributed by atoms with Crippen LogP contribution in [0.25, 0.3) is 61.2 Å². The Morgan fingerprint density at radius 2 is 1.18 bits per heavy atom. The summed E-state index contributed by atoms with van der Waals surface area (Å²) in [4.78, 5) is 7.29. The summed E-state index contributed by atoms with van der Waals surface area (Å²) < 4.78 is 8.68. The molecule has 9 aromatic rings. The van der Waals surface area contributed by atoms with E-state index in [9.17, 15) is 0 Å². The Bertz CT molecular complexity index is 2720. The molecule has 2 aromatic heterocycles. The van der Waals surface area contributed by atoms with Gasteiger partial charge in [-0.15, -0.1) is 0 Å². The number of para-hydroxylation sites is 3. The molecule has 0 N–H and O–H groups in total. The van der Waals surface area contributed by atoms with Gasteiger partial charge in [-0.05, 0) is 107 Å². The smallest absolute Gasteiger partial charge is 0.227 e. The van der Waals surface area contributed by atoms with E-state index in [1.807, 2.05) is 30.3 Å². The second kappa shape index (κ2) is 10.8. The van der Waals surface area contributed by atoms with Gasteiger partial charge in [0.15, 0.2) is 5.58 Å². The second-order valence-electron chi connectivity index (χ2n) is 13.7. The molecule has 2 heterocycles. The summed E-state index contributed by atoms with van der Waals surface area (Å²) in [7, 11) is 0. The van der Waals surface area contributed by atoms with Gasteiger partial charge >= 0.3 is 0 Å². The van der Waals surface area contributed by atoms with Crippen molar-refractivity contribution in [2.45, 2.75) is 19.3 Å². The molecule has 0 fully saturated rings. The summed E-state index contributed by atoms with van der Waals surface area (Å²) in [5, 5.41) is 2.46. The summed E-state index contributed by atoms with van der Waals surface area (Å²) in [5.74, 6) is 0.653. The molecule has 4 heteroatoms. The first-order chi connectivity index (χ1) is 24.5. The van der Waals surface area contributed by atoms with Crippen molar-refractivity contribution in [2.75, 3.05) is 4.90 Å². The zero-order valence-electron chi connectivity index (χ0n) is 27.8. The van der Waals surface area contributed by atoms with Gasteiger partial charge in [-0.3, -0.25) is 0 Å². The third-order valence-electron chi connectivity index (χ3n) is 10.4. The highest BCUT2D eigenvalue weighted by atomic mass is 16.3. The predicted octanol–water partition coefficient (Wildman–Crippen LogP) is 12.4. The van der Waals surface area contributed by atoms with Crippen molar-refractivity contribution in [1.82, 2.24) is 9.55 Å². The molecule has 0 bridgehead atoms. The van der Waals surface area contributed by atoms with Crippen LogP contribution in [0.5, 0.6) is 0 Å². The lowest BCUT2D eigenvalue weighted by Gasteiger charge is -2.28. The van der Waals surface area contributed by atoms with E-state index in [2.05, 4.69) is 157 Å². The standard InChI is InChI=1S/C46H33N3O/c1-46(2)39-27-34(22-24-35(39)37-28-44-41(29-40(37)46)47-45(50-44)30-14-6-3-7-15-30)48(31-16-8-4-9-17-31)33-23-25-43-38(26-33)36-20-12-13-21-42(36)49(43)32-18-10-5-11-19-32/h3-29H,1-2H3. The molecule has 238 valence electrons. The SMILES string of the molecule is CC1(C)c2cc(N(c3ccccc3)c3ccc4c(c3)c3ccccc3n4-c3ccccc3)ccc2-c2cc3oc(-c4ccccc4)nc3cc21. The molecule has 0 radical (unpaired) electrons. The highest BCUT2D eigenvalue weighted by Crippen LogP contribution is 2.52. The van der Waals surface area contributed by atoms with Crippen molar-refractivity contribution in [2.24, 2.45) is 0 Å². The highest BCUT2D eigenvalue weighted by molar-refractivity contribution is 6.10. The third-order valence-corrected chi connectivity index (χ3v) is 10.4. The van der Waals surface area contributed by atoms with Crippen LogP contribution in [0.4, 0.5) is 17.1 Å². The van der Waals surface area contributed by atoms with Gasteiger partial charge in [0.2, 0.25) is 5.89 Å². The van der Waals surface area contributed by atoms with Gasteiger partial charge in [-0.25, -0.2) is 4.98 Å². The molecule has 0 aliphatic heterocycles. The van der Waals surface area contributed by atoms with Crippen LogP contribution in [0.2, 0.25) is 0 Å². The van der Waals surface area contributed by atoms with Crippen LogP contribution in [-0.2, 0) is 5.41 Å². The van der Waals surface area contributed by atoms with Gasteiger partial charge < -0.3 is 13.9 Å². The monoisotopic (exact) mass is 643 g/mol. The number of hydrogen-bond acceptors (Lipinski definition) is 3. The Morgan fingerprint density at radius 1 is 0.540 bits per heavy atom. The Labute approximate surface area is 290 Å². The topological polar surface area (TPSA) is 34.2 Å². The molecule has 0 saturated carbocycles. The van der Waals surface area contributed by atoms with E-state index < -0.39 is 0 Å². The lowest BCUT2D eigenvalue weighted by molar-refractivity contribution is 0.619. The van der Waals surface area contributed by atoms with Gasteiger partial charge in [0.1, 0.15) is 5.52 Å². The molecule has 7 aromatic carbocycles. The number of anilines is 3. The third kappa shape index (κ3) is 4.28. The molecule has 0 spiro atoms. The van der Waals surface area contributed by atoms with Gasteiger partial charge in [0, 0.05) is 44.5 Å². The first kappa shape index (κ1) is 28.6. The van der Waals surface area contributed by atoms with Crippen molar-refractivity contribution >= 4 is 50.0 Å². The summed E-state index contributed by atoms with van der Waals surface area (Å²) in [6, 6.07) is 58.3. The molecule has 0 amide bonds. The lowest BCUT2D eigenvalue weighted by Crippen LogP contribution is -2.16. The molecule has 10 rings (SSSR count). The van der Waals surface area contributed by atoms with E-state index in [0.717, 1.165) is 39.4 Å². The fourth-order valence-corrected chi connectivity index (χ4v) is 7.97. The largest absolute Gasteiger partial charge is 0.436 e. The Kier molecular flexibility index (Phi) is 6.19. The van der Waals surface area contributed by atoms with E-state index in [1.165, 1.54) is 44.1 Å². The van der Waals surface area contributed by atoms with Crippen molar-refractivity contribution in [1.29, 1.82) is 0 Å². The molecule has 1 aliphatic carbocycles. The summed E-state index contributed by atoms with van der Waals surface area (Å²) in [6.45, 7) is 4.64. The minimum absolute atomic E-state index is 0.226. The van der Waals surface area contributed by atoms with Crippen LogP contribution >= 0.6 is 0 Å².